The Hall–Kier alpha value is -2.86. The number of rotatable bonds is 8. The van der Waals surface area contributed by atoms with Crippen LogP contribution in [0.15, 0.2) is 88.9 Å². The van der Waals surface area contributed by atoms with Crippen molar-refractivity contribution in [2.24, 2.45) is 0 Å². The number of hydrogen-bond acceptors (Lipinski definition) is 4. The molecule has 2 aromatic carbocycles. The van der Waals surface area contributed by atoms with E-state index in [9.17, 15) is 20.4 Å². The molecule has 2 aromatic rings. The molecule has 0 spiro atoms. The predicted octanol–water partition coefficient (Wildman–Crippen LogP) is 7.09. The van der Waals surface area contributed by atoms with E-state index in [1.807, 2.05) is 30.3 Å². The van der Waals surface area contributed by atoms with Crippen molar-refractivity contribution in [3.8, 4) is 0 Å². The number of fused-ring (bicyclic) bond motifs is 2. The molecule has 4 N–H and O–H groups in total. The van der Waals surface area contributed by atoms with Crippen molar-refractivity contribution in [1.82, 2.24) is 0 Å². The Labute approximate surface area is 209 Å². The van der Waals surface area contributed by atoms with E-state index in [2.05, 4.69) is 34.7 Å². The average Bonchev–Trinajstić information content (AvgIpc) is 3.09. The van der Waals surface area contributed by atoms with Crippen LogP contribution in [0, 0.1) is 0 Å². The summed E-state index contributed by atoms with van der Waals surface area (Å²) in [5.74, 6) is -0.553. The van der Waals surface area contributed by atoms with E-state index >= 15 is 0 Å². The minimum Gasteiger partial charge on any atom is -0.509 e. The Bertz CT molecular complexity index is 1210. The fraction of sp³-hybridized carbons (Fsp3) is 0.241. The van der Waals surface area contributed by atoms with Crippen molar-refractivity contribution in [2.45, 2.75) is 38.7 Å². The molecule has 5 heteroatoms. The first-order chi connectivity index (χ1) is 16.4. The maximum atomic E-state index is 11.4. The van der Waals surface area contributed by atoms with Gasteiger partial charge in [0, 0.05) is 15.6 Å². The highest BCUT2D eigenvalue weighted by atomic mass is 79.9. The lowest BCUT2D eigenvalue weighted by atomic mass is 9.85. The van der Waals surface area contributed by atoms with Gasteiger partial charge in [-0.3, -0.25) is 0 Å². The van der Waals surface area contributed by atoms with Crippen molar-refractivity contribution in [2.75, 3.05) is 6.61 Å². The lowest BCUT2D eigenvalue weighted by molar-refractivity contribution is 0.170. The molecule has 0 aliphatic heterocycles. The second kappa shape index (κ2) is 12.0. The number of aliphatic hydroxyl groups is 4. The van der Waals surface area contributed by atoms with Crippen LogP contribution >= 0.6 is 15.9 Å². The molecule has 4 nitrogen and oxygen atoms in total. The smallest absolute Gasteiger partial charge is 0.132 e. The molecule has 34 heavy (non-hydrogen) atoms. The van der Waals surface area contributed by atoms with Gasteiger partial charge in [-0.05, 0) is 70.4 Å². The fourth-order valence-corrected chi connectivity index (χ4v) is 4.92. The van der Waals surface area contributed by atoms with Crippen molar-refractivity contribution in [3.05, 3.63) is 106 Å². The third-order valence-corrected chi connectivity index (χ3v) is 6.76. The number of allylic oxidation sites excluding steroid dienone is 7. The van der Waals surface area contributed by atoms with Crippen LogP contribution in [-0.4, -0.2) is 33.1 Å². The standard InChI is InChI=1S/C29H31BrO4/c1-3-4-5-6-8-13-20(18-31)29(34)26(28(33)19(2)32)25-21-14-9-7-10-16-23(21)27(30)24-17-12-11-15-22(24)25/h3-6,8,10-12,15-17,19,31-34H,1,7,9,13-14,18H2,2H3/b5-4-,8-6-,28-26+,29-20+. The maximum Gasteiger partial charge on any atom is 0.132 e. The Morgan fingerprint density at radius 2 is 1.88 bits per heavy atom. The van der Waals surface area contributed by atoms with Gasteiger partial charge in [-0.25, -0.2) is 0 Å². The van der Waals surface area contributed by atoms with E-state index in [1.165, 1.54) is 6.92 Å². The molecule has 0 saturated heterocycles. The van der Waals surface area contributed by atoms with Crippen molar-refractivity contribution >= 4 is 38.4 Å². The molecule has 0 fully saturated rings. The van der Waals surface area contributed by atoms with Gasteiger partial charge in [0.25, 0.3) is 0 Å². The van der Waals surface area contributed by atoms with Gasteiger partial charge < -0.3 is 20.4 Å². The van der Waals surface area contributed by atoms with Crippen LogP contribution < -0.4 is 0 Å². The van der Waals surface area contributed by atoms with Crippen molar-refractivity contribution in [3.63, 3.8) is 0 Å². The number of hydrogen-bond donors (Lipinski definition) is 4. The first kappa shape index (κ1) is 25.8. The molecule has 0 amide bonds. The number of benzene rings is 2. The molecular formula is C29H31BrO4. The molecule has 0 radical (unpaired) electrons. The first-order valence-corrected chi connectivity index (χ1v) is 12.2. The topological polar surface area (TPSA) is 80.9 Å². The van der Waals surface area contributed by atoms with Crippen LogP contribution in [0.2, 0.25) is 0 Å². The van der Waals surface area contributed by atoms with Crippen LogP contribution in [0.3, 0.4) is 0 Å². The molecule has 0 aromatic heterocycles. The van der Waals surface area contributed by atoms with Gasteiger partial charge in [-0.1, -0.05) is 73.4 Å². The minimum atomic E-state index is -1.21. The molecule has 1 atom stereocenters. The Balaban J connectivity index is 2.36. The number of halogens is 1. The largest absolute Gasteiger partial charge is 0.509 e. The van der Waals surface area contributed by atoms with Crippen LogP contribution in [0.25, 0.3) is 22.4 Å². The van der Waals surface area contributed by atoms with E-state index in [1.54, 1.807) is 24.3 Å². The molecule has 0 heterocycles. The molecule has 3 rings (SSSR count). The molecule has 0 saturated carbocycles. The monoisotopic (exact) mass is 522 g/mol. The van der Waals surface area contributed by atoms with Gasteiger partial charge in [0.05, 0.1) is 12.2 Å². The zero-order valence-electron chi connectivity index (χ0n) is 19.3. The molecule has 0 bridgehead atoms. The van der Waals surface area contributed by atoms with E-state index in [-0.39, 0.29) is 23.5 Å². The first-order valence-electron chi connectivity index (χ1n) is 11.4. The van der Waals surface area contributed by atoms with Crippen LogP contribution in [0.5, 0.6) is 0 Å². The lowest BCUT2D eigenvalue weighted by Gasteiger charge is -2.23. The van der Waals surface area contributed by atoms with Gasteiger partial charge in [0.15, 0.2) is 0 Å². The molecular weight excluding hydrogens is 492 g/mol. The summed E-state index contributed by atoms with van der Waals surface area (Å²) in [7, 11) is 0. The van der Waals surface area contributed by atoms with E-state index < -0.39 is 12.7 Å². The third-order valence-electron chi connectivity index (χ3n) is 5.90. The zero-order valence-corrected chi connectivity index (χ0v) is 20.9. The molecule has 1 unspecified atom stereocenters. The molecule has 1 aliphatic rings. The zero-order chi connectivity index (χ0) is 24.7. The summed E-state index contributed by atoms with van der Waals surface area (Å²) in [6.07, 6.45) is 14.7. The summed E-state index contributed by atoms with van der Waals surface area (Å²) in [5, 5.41) is 44.7. The fourth-order valence-electron chi connectivity index (χ4n) is 4.21. The molecule has 178 valence electrons. The highest BCUT2D eigenvalue weighted by molar-refractivity contribution is 9.10. The van der Waals surface area contributed by atoms with Gasteiger partial charge in [0.2, 0.25) is 0 Å². The highest BCUT2D eigenvalue weighted by Gasteiger charge is 2.27. The average molecular weight is 523 g/mol. The Morgan fingerprint density at radius 3 is 2.56 bits per heavy atom. The summed E-state index contributed by atoms with van der Waals surface area (Å²) < 4.78 is 0.957. The van der Waals surface area contributed by atoms with E-state index in [0.717, 1.165) is 45.6 Å². The predicted molar refractivity (Wildman–Crippen MR) is 145 cm³/mol. The van der Waals surface area contributed by atoms with Gasteiger partial charge in [0.1, 0.15) is 17.6 Å². The summed E-state index contributed by atoms with van der Waals surface area (Å²) in [6.45, 7) is 4.69. The normalized spacial score (nSPS) is 16.4. The highest BCUT2D eigenvalue weighted by Crippen LogP contribution is 2.43. The maximum absolute atomic E-state index is 11.4. The van der Waals surface area contributed by atoms with Crippen LogP contribution in [0.4, 0.5) is 0 Å². The van der Waals surface area contributed by atoms with Crippen molar-refractivity contribution < 1.29 is 20.4 Å². The second-order valence-corrected chi connectivity index (χ2v) is 9.01. The number of aliphatic hydroxyl groups excluding tert-OH is 4. The van der Waals surface area contributed by atoms with Gasteiger partial charge >= 0.3 is 0 Å². The Kier molecular flexibility index (Phi) is 9.11. The second-order valence-electron chi connectivity index (χ2n) is 8.22. The van der Waals surface area contributed by atoms with Crippen LogP contribution in [-0.2, 0) is 6.42 Å². The summed E-state index contributed by atoms with van der Waals surface area (Å²) >= 11 is 3.77. The van der Waals surface area contributed by atoms with Gasteiger partial charge in [-0.15, -0.1) is 0 Å². The van der Waals surface area contributed by atoms with Crippen molar-refractivity contribution in [1.29, 1.82) is 0 Å². The summed E-state index contributed by atoms with van der Waals surface area (Å²) in [5.41, 5.74) is 3.15. The lowest BCUT2D eigenvalue weighted by Crippen LogP contribution is -2.12. The summed E-state index contributed by atoms with van der Waals surface area (Å²) in [4.78, 5) is 0. The van der Waals surface area contributed by atoms with Crippen LogP contribution in [0.1, 0.15) is 42.9 Å². The SMILES string of the molecule is C=C/C=C\C=C/C/C(CO)=C(O)/C(=C(/O)C(C)O)c1c2c(c(Br)c3ccccc13)C=CCCC2. The quantitative estimate of drug-likeness (QED) is 0.220. The minimum absolute atomic E-state index is 0.157. The van der Waals surface area contributed by atoms with E-state index in [4.69, 9.17) is 0 Å². The van der Waals surface area contributed by atoms with Gasteiger partial charge in [-0.2, -0.15) is 0 Å². The summed E-state index contributed by atoms with van der Waals surface area (Å²) in [6, 6.07) is 7.79. The van der Waals surface area contributed by atoms with E-state index in [0.29, 0.717) is 11.1 Å². The molecule has 1 aliphatic carbocycles. The third kappa shape index (κ3) is 5.44. The Morgan fingerprint density at radius 1 is 1.15 bits per heavy atom.